The Kier molecular flexibility index (Phi) is 4.58. The monoisotopic (exact) mass is 342 g/mol. The molecule has 0 aliphatic heterocycles. The van der Waals surface area contributed by atoms with Crippen LogP contribution in [-0.4, -0.2) is 0 Å². The van der Waals surface area contributed by atoms with E-state index in [9.17, 15) is 4.39 Å². The summed E-state index contributed by atoms with van der Waals surface area (Å²) < 4.78 is 14.7. The molecular weight excluding hydrogens is 331 g/mol. The van der Waals surface area contributed by atoms with Gasteiger partial charge in [-0.1, -0.05) is 35.4 Å². The smallest absolute Gasteiger partial charge is 0.128 e. The summed E-state index contributed by atoms with van der Waals surface area (Å²) in [5.74, 6) is 5.27. The molecule has 0 saturated carbocycles. The minimum Gasteiger partial charge on any atom is -0.271 e. The van der Waals surface area contributed by atoms with Crippen LogP contribution in [-0.2, 0) is 0 Å². The molecule has 0 spiro atoms. The molecule has 0 fully saturated rings. The molecule has 0 aliphatic rings. The summed E-state index contributed by atoms with van der Waals surface area (Å²) in [6, 6.07) is 9.92. The van der Waals surface area contributed by atoms with E-state index < -0.39 is 6.04 Å². The minimum absolute atomic E-state index is 0.299. The summed E-state index contributed by atoms with van der Waals surface area (Å²) >= 11 is 9.39. The lowest BCUT2D eigenvalue weighted by Gasteiger charge is -2.18. The number of nitrogens with one attached hydrogen (secondary N) is 1. The fourth-order valence-corrected chi connectivity index (χ4v) is 2.38. The highest BCUT2D eigenvalue weighted by Crippen LogP contribution is 2.30. The standard InChI is InChI=1S/C14H13BrClFN2/c1-8-2-5-13(17)10(6-8)14(19-18)9-3-4-11(15)12(16)7-9/h2-7,14,19H,18H2,1H3. The van der Waals surface area contributed by atoms with Crippen molar-refractivity contribution in [1.29, 1.82) is 0 Å². The molecule has 0 radical (unpaired) electrons. The van der Waals surface area contributed by atoms with E-state index in [-0.39, 0.29) is 5.82 Å². The molecule has 1 atom stereocenters. The summed E-state index contributed by atoms with van der Waals surface area (Å²) in [5, 5.41) is 0.561. The Hall–Kier alpha value is -0.940. The van der Waals surface area contributed by atoms with Crippen LogP contribution < -0.4 is 11.3 Å². The third-order valence-electron chi connectivity index (χ3n) is 2.91. The van der Waals surface area contributed by atoms with Crippen molar-refractivity contribution >= 4 is 27.5 Å². The molecule has 19 heavy (non-hydrogen) atoms. The fourth-order valence-electron chi connectivity index (χ4n) is 1.94. The molecule has 2 aromatic rings. The van der Waals surface area contributed by atoms with E-state index in [4.69, 9.17) is 17.4 Å². The second kappa shape index (κ2) is 6.01. The fraction of sp³-hybridized carbons (Fsp3) is 0.143. The average molecular weight is 344 g/mol. The van der Waals surface area contributed by atoms with Gasteiger partial charge in [-0.2, -0.15) is 0 Å². The summed E-state index contributed by atoms with van der Waals surface area (Å²) in [6.45, 7) is 1.91. The van der Waals surface area contributed by atoms with E-state index in [0.29, 0.717) is 10.6 Å². The summed E-state index contributed by atoms with van der Waals surface area (Å²) in [6.07, 6.45) is 0. The zero-order valence-electron chi connectivity index (χ0n) is 10.3. The van der Waals surface area contributed by atoms with Crippen molar-refractivity contribution in [2.45, 2.75) is 13.0 Å². The largest absolute Gasteiger partial charge is 0.271 e. The van der Waals surface area contributed by atoms with Crippen LogP contribution in [0, 0.1) is 12.7 Å². The van der Waals surface area contributed by atoms with Crippen LogP contribution >= 0.6 is 27.5 Å². The molecule has 0 aliphatic carbocycles. The van der Waals surface area contributed by atoms with Crippen molar-refractivity contribution in [2.75, 3.05) is 0 Å². The van der Waals surface area contributed by atoms with Gasteiger partial charge < -0.3 is 0 Å². The number of aryl methyl sites for hydroxylation is 1. The molecule has 0 amide bonds. The maximum absolute atomic E-state index is 13.9. The Bertz CT molecular complexity index is 604. The first kappa shape index (κ1) is 14.5. The first-order chi connectivity index (χ1) is 9.02. The second-order valence-electron chi connectivity index (χ2n) is 4.30. The molecule has 0 heterocycles. The average Bonchev–Trinajstić information content (AvgIpc) is 2.38. The van der Waals surface area contributed by atoms with Crippen molar-refractivity contribution in [3.05, 3.63) is 68.4 Å². The van der Waals surface area contributed by atoms with Gasteiger partial charge in [0.15, 0.2) is 0 Å². The molecule has 2 rings (SSSR count). The quantitative estimate of drug-likeness (QED) is 0.650. The highest BCUT2D eigenvalue weighted by Gasteiger charge is 2.17. The van der Waals surface area contributed by atoms with Gasteiger partial charge >= 0.3 is 0 Å². The lowest BCUT2D eigenvalue weighted by atomic mass is 9.97. The lowest BCUT2D eigenvalue weighted by molar-refractivity contribution is 0.559. The van der Waals surface area contributed by atoms with Gasteiger partial charge in [-0.15, -0.1) is 0 Å². The van der Waals surface area contributed by atoms with Crippen LogP contribution in [0.5, 0.6) is 0 Å². The number of hydrogen-bond donors (Lipinski definition) is 2. The molecule has 0 aromatic heterocycles. The lowest BCUT2D eigenvalue weighted by Crippen LogP contribution is -2.29. The molecule has 0 bridgehead atoms. The van der Waals surface area contributed by atoms with E-state index >= 15 is 0 Å². The van der Waals surface area contributed by atoms with Crippen molar-refractivity contribution in [3.63, 3.8) is 0 Å². The van der Waals surface area contributed by atoms with E-state index in [1.807, 2.05) is 19.1 Å². The van der Waals surface area contributed by atoms with E-state index in [0.717, 1.165) is 15.6 Å². The molecular formula is C14H13BrClFN2. The van der Waals surface area contributed by atoms with Crippen molar-refractivity contribution < 1.29 is 4.39 Å². The molecule has 100 valence electrons. The Morgan fingerprint density at radius 3 is 2.63 bits per heavy atom. The summed E-state index contributed by atoms with van der Waals surface area (Å²) in [4.78, 5) is 0. The number of benzene rings is 2. The first-order valence-corrected chi connectivity index (χ1v) is 6.87. The minimum atomic E-state index is -0.439. The van der Waals surface area contributed by atoms with Gasteiger partial charge in [-0.25, -0.2) is 9.82 Å². The van der Waals surface area contributed by atoms with Crippen LogP contribution in [0.25, 0.3) is 0 Å². The third kappa shape index (κ3) is 3.15. The van der Waals surface area contributed by atoms with E-state index in [1.54, 1.807) is 18.2 Å². The van der Waals surface area contributed by atoms with E-state index in [1.165, 1.54) is 6.07 Å². The van der Waals surface area contributed by atoms with Gasteiger partial charge in [0, 0.05) is 10.0 Å². The van der Waals surface area contributed by atoms with Crippen LogP contribution in [0.15, 0.2) is 40.9 Å². The van der Waals surface area contributed by atoms with Crippen molar-refractivity contribution in [1.82, 2.24) is 5.43 Å². The number of nitrogens with two attached hydrogens (primary N) is 1. The van der Waals surface area contributed by atoms with Crippen LogP contribution in [0.3, 0.4) is 0 Å². The predicted molar refractivity (Wildman–Crippen MR) is 79.5 cm³/mol. The maximum atomic E-state index is 13.9. The zero-order chi connectivity index (χ0) is 14.0. The summed E-state index contributed by atoms with van der Waals surface area (Å²) in [5.41, 5.74) is 4.91. The normalized spacial score (nSPS) is 12.5. The molecule has 1 unspecified atom stereocenters. The Labute approximate surface area is 124 Å². The Morgan fingerprint density at radius 1 is 1.26 bits per heavy atom. The molecule has 2 nitrogen and oxygen atoms in total. The van der Waals surface area contributed by atoms with Crippen LogP contribution in [0.4, 0.5) is 4.39 Å². The first-order valence-electron chi connectivity index (χ1n) is 5.70. The molecule has 0 saturated heterocycles. The Morgan fingerprint density at radius 2 is 2.00 bits per heavy atom. The topological polar surface area (TPSA) is 38.0 Å². The number of halogens is 3. The summed E-state index contributed by atoms with van der Waals surface area (Å²) in [7, 11) is 0. The molecule has 5 heteroatoms. The van der Waals surface area contributed by atoms with Gasteiger partial charge in [0.2, 0.25) is 0 Å². The maximum Gasteiger partial charge on any atom is 0.128 e. The predicted octanol–water partition coefficient (Wildman–Crippen LogP) is 4.10. The number of rotatable bonds is 3. The van der Waals surface area contributed by atoms with Crippen molar-refractivity contribution in [3.8, 4) is 0 Å². The van der Waals surface area contributed by atoms with Crippen molar-refractivity contribution in [2.24, 2.45) is 5.84 Å². The van der Waals surface area contributed by atoms with Gasteiger partial charge in [-0.3, -0.25) is 5.84 Å². The van der Waals surface area contributed by atoms with Gasteiger partial charge in [0.05, 0.1) is 11.1 Å². The number of hydrazine groups is 1. The van der Waals surface area contributed by atoms with Crippen LogP contribution in [0.2, 0.25) is 5.02 Å². The van der Waals surface area contributed by atoms with Gasteiger partial charge in [0.25, 0.3) is 0 Å². The second-order valence-corrected chi connectivity index (χ2v) is 5.56. The molecule has 3 N–H and O–H groups in total. The third-order valence-corrected chi connectivity index (χ3v) is 4.14. The van der Waals surface area contributed by atoms with Gasteiger partial charge in [0.1, 0.15) is 5.82 Å². The van der Waals surface area contributed by atoms with E-state index in [2.05, 4.69) is 21.4 Å². The van der Waals surface area contributed by atoms with Gasteiger partial charge in [-0.05, 0) is 46.6 Å². The number of hydrogen-bond acceptors (Lipinski definition) is 2. The Balaban J connectivity index is 2.49. The molecule has 2 aromatic carbocycles. The SMILES string of the molecule is Cc1ccc(F)c(C(NN)c2ccc(Br)c(Cl)c2)c1. The van der Waals surface area contributed by atoms with Crippen LogP contribution in [0.1, 0.15) is 22.7 Å². The highest BCUT2D eigenvalue weighted by atomic mass is 79.9. The zero-order valence-corrected chi connectivity index (χ0v) is 12.6. The highest BCUT2D eigenvalue weighted by molar-refractivity contribution is 9.10.